The number of nitrogens with two attached hydrogens (primary N) is 1. The van der Waals surface area contributed by atoms with Gasteiger partial charge in [0.25, 0.3) is 0 Å². The molecule has 0 aromatic carbocycles. The molecule has 1 aliphatic rings. The number of ether oxygens (including phenoxy) is 2. The van der Waals surface area contributed by atoms with Crippen molar-refractivity contribution in [2.24, 2.45) is 5.73 Å². The molecule has 3 heteroatoms. The molecule has 1 rings (SSSR count). The molecule has 0 amide bonds. The van der Waals surface area contributed by atoms with E-state index in [1.807, 2.05) is 0 Å². The van der Waals surface area contributed by atoms with Crippen LogP contribution in [0.4, 0.5) is 0 Å². The van der Waals surface area contributed by atoms with E-state index in [-0.39, 0.29) is 11.6 Å². The Labute approximate surface area is 112 Å². The molecule has 1 heterocycles. The highest BCUT2D eigenvalue weighted by Crippen LogP contribution is 2.27. The second-order valence-corrected chi connectivity index (χ2v) is 5.38. The minimum absolute atomic E-state index is 0.120. The van der Waals surface area contributed by atoms with Gasteiger partial charge >= 0.3 is 0 Å². The number of hydrogen-bond acceptors (Lipinski definition) is 3. The summed E-state index contributed by atoms with van der Waals surface area (Å²) in [7, 11) is 0. The number of hydrogen-bond donors (Lipinski definition) is 1. The first-order valence-corrected chi connectivity index (χ1v) is 7.69. The maximum atomic E-state index is 6.38. The van der Waals surface area contributed by atoms with Gasteiger partial charge in [-0.15, -0.1) is 0 Å². The van der Waals surface area contributed by atoms with Gasteiger partial charge in [-0.25, -0.2) is 0 Å². The highest BCUT2D eigenvalue weighted by atomic mass is 16.5. The van der Waals surface area contributed by atoms with Gasteiger partial charge in [0.1, 0.15) is 0 Å². The first kappa shape index (κ1) is 15.9. The van der Waals surface area contributed by atoms with E-state index in [0.29, 0.717) is 6.10 Å². The van der Waals surface area contributed by atoms with Gasteiger partial charge in [-0.3, -0.25) is 0 Å². The Morgan fingerprint density at radius 2 is 2.06 bits per heavy atom. The topological polar surface area (TPSA) is 44.5 Å². The molecule has 0 saturated carbocycles. The zero-order valence-electron chi connectivity index (χ0n) is 12.4. The van der Waals surface area contributed by atoms with Gasteiger partial charge in [0, 0.05) is 19.3 Å². The third-order valence-electron chi connectivity index (χ3n) is 4.37. The first-order valence-electron chi connectivity index (χ1n) is 7.69. The van der Waals surface area contributed by atoms with Crippen LogP contribution in [0.3, 0.4) is 0 Å². The van der Waals surface area contributed by atoms with Crippen LogP contribution in [0.15, 0.2) is 0 Å². The Morgan fingerprint density at radius 3 is 2.56 bits per heavy atom. The molecule has 0 aliphatic carbocycles. The summed E-state index contributed by atoms with van der Waals surface area (Å²) in [5, 5.41) is 0. The van der Waals surface area contributed by atoms with Crippen molar-refractivity contribution in [2.45, 2.75) is 83.5 Å². The first-order chi connectivity index (χ1) is 8.68. The lowest BCUT2D eigenvalue weighted by Crippen LogP contribution is -2.49. The van der Waals surface area contributed by atoms with Crippen molar-refractivity contribution in [3.8, 4) is 0 Å². The lowest BCUT2D eigenvalue weighted by atomic mass is 9.85. The standard InChI is InChI=1S/C15H31NO2/c1-4-15(5-2,18-6-3)14(16)11-7-9-13-10-8-12-17-13/h13-14H,4-12,16H2,1-3H3. The molecular formula is C15H31NO2. The Morgan fingerprint density at radius 1 is 1.33 bits per heavy atom. The lowest BCUT2D eigenvalue weighted by Gasteiger charge is -2.37. The molecule has 2 unspecified atom stereocenters. The number of rotatable bonds is 9. The van der Waals surface area contributed by atoms with Gasteiger partial charge in [-0.05, 0) is 51.9 Å². The van der Waals surface area contributed by atoms with Crippen molar-refractivity contribution in [3.63, 3.8) is 0 Å². The zero-order valence-corrected chi connectivity index (χ0v) is 12.4. The van der Waals surface area contributed by atoms with E-state index in [2.05, 4.69) is 20.8 Å². The summed E-state index contributed by atoms with van der Waals surface area (Å²) < 4.78 is 11.6. The highest BCUT2D eigenvalue weighted by molar-refractivity contribution is 4.89. The van der Waals surface area contributed by atoms with E-state index in [4.69, 9.17) is 15.2 Å². The van der Waals surface area contributed by atoms with E-state index in [1.54, 1.807) is 0 Å². The van der Waals surface area contributed by atoms with E-state index in [9.17, 15) is 0 Å². The largest absolute Gasteiger partial charge is 0.378 e. The van der Waals surface area contributed by atoms with Crippen molar-refractivity contribution in [3.05, 3.63) is 0 Å². The molecule has 0 bridgehead atoms. The van der Waals surface area contributed by atoms with Gasteiger partial charge in [-0.2, -0.15) is 0 Å². The van der Waals surface area contributed by atoms with Crippen LogP contribution in [0.25, 0.3) is 0 Å². The summed E-state index contributed by atoms with van der Waals surface area (Å²) in [5.41, 5.74) is 6.26. The van der Waals surface area contributed by atoms with Crippen LogP contribution in [-0.2, 0) is 9.47 Å². The second-order valence-electron chi connectivity index (χ2n) is 5.38. The molecule has 0 spiro atoms. The van der Waals surface area contributed by atoms with E-state index < -0.39 is 0 Å². The minimum Gasteiger partial charge on any atom is -0.378 e. The minimum atomic E-state index is -0.120. The SMILES string of the molecule is CCOC(CC)(CC)C(N)CCCC1CCCO1. The second kappa shape index (κ2) is 8.13. The average Bonchev–Trinajstić information content (AvgIpc) is 2.89. The van der Waals surface area contributed by atoms with Crippen molar-refractivity contribution >= 4 is 0 Å². The summed E-state index contributed by atoms with van der Waals surface area (Å²) in [6.07, 6.45) is 8.29. The van der Waals surface area contributed by atoms with Gasteiger partial charge in [-0.1, -0.05) is 13.8 Å². The highest BCUT2D eigenvalue weighted by Gasteiger charge is 2.33. The van der Waals surface area contributed by atoms with Crippen molar-refractivity contribution in [1.82, 2.24) is 0 Å². The summed E-state index contributed by atoms with van der Waals surface area (Å²) in [5.74, 6) is 0. The molecule has 3 nitrogen and oxygen atoms in total. The van der Waals surface area contributed by atoms with Crippen LogP contribution in [0.5, 0.6) is 0 Å². The van der Waals surface area contributed by atoms with E-state index in [0.717, 1.165) is 45.3 Å². The third-order valence-corrected chi connectivity index (χ3v) is 4.37. The van der Waals surface area contributed by atoms with Crippen molar-refractivity contribution < 1.29 is 9.47 Å². The van der Waals surface area contributed by atoms with E-state index in [1.165, 1.54) is 12.8 Å². The maximum Gasteiger partial charge on any atom is 0.0827 e. The predicted molar refractivity (Wildman–Crippen MR) is 75.7 cm³/mol. The molecule has 1 aliphatic heterocycles. The fourth-order valence-corrected chi connectivity index (χ4v) is 3.07. The molecule has 1 saturated heterocycles. The summed E-state index contributed by atoms with van der Waals surface area (Å²) in [6.45, 7) is 8.11. The molecule has 2 atom stereocenters. The predicted octanol–water partition coefficient (Wildman–Crippen LogP) is 3.26. The molecule has 18 heavy (non-hydrogen) atoms. The van der Waals surface area contributed by atoms with Crippen LogP contribution >= 0.6 is 0 Å². The fraction of sp³-hybridized carbons (Fsp3) is 1.00. The molecule has 0 aromatic rings. The van der Waals surface area contributed by atoms with Crippen LogP contribution in [0, 0.1) is 0 Å². The van der Waals surface area contributed by atoms with Gasteiger partial charge in [0.05, 0.1) is 11.7 Å². The van der Waals surface area contributed by atoms with Crippen LogP contribution in [0.1, 0.15) is 65.7 Å². The molecule has 2 N–H and O–H groups in total. The Bertz CT molecular complexity index is 211. The normalized spacial score (nSPS) is 22.3. The molecular weight excluding hydrogens is 226 g/mol. The lowest BCUT2D eigenvalue weighted by molar-refractivity contribution is -0.0658. The Balaban J connectivity index is 2.33. The summed E-state index contributed by atoms with van der Waals surface area (Å²) in [4.78, 5) is 0. The van der Waals surface area contributed by atoms with Crippen molar-refractivity contribution in [1.29, 1.82) is 0 Å². The maximum absolute atomic E-state index is 6.38. The van der Waals surface area contributed by atoms with Crippen molar-refractivity contribution in [2.75, 3.05) is 13.2 Å². The Hall–Kier alpha value is -0.120. The molecule has 0 aromatic heterocycles. The smallest absolute Gasteiger partial charge is 0.0827 e. The van der Waals surface area contributed by atoms with Gasteiger partial charge in [0.2, 0.25) is 0 Å². The van der Waals surface area contributed by atoms with Gasteiger partial charge < -0.3 is 15.2 Å². The Kier molecular flexibility index (Phi) is 7.20. The molecule has 0 radical (unpaired) electrons. The summed E-state index contributed by atoms with van der Waals surface area (Å²) in [6, 6.07) is 0.147. The quantitative estimate of drug-likeness (QED) is 0.689. The monoisotopic (exact) mass is 257 g/mol. The third kappa shape index (κ3) is 4.22. The van der Waals surface area contributed by atoms with Crippen LogP contribution < -0.4 is 5.73 Å². The van der Waals surface area contributed by atoms with E-state index >= 15 is 0 Å². The fourth-order valence-electron chi connectivity index (χ4n) is 3.07. The molecule has 108 valence electrons. The average molecular weight is 257 g/mol. The van der Waals surface area contributed by atoms with Crippen LogP contribution in [-0.4, -0.2) is 31.0 Å². The molecule has 1 fully saturated rings. The zero-order chi connectivity index (χ0) is 13.4. The summed E-state index contributed by atoms with van der Waals surface area (Å²) >= 11 is 0. The van der Waals surface area contributed by atoms with Crippen LogP contribution in [0.2, 0.25) is 0 Å². The van der Waals surface area contributed by atoms with Gasteiger partial charge in [0.15, 0.2) is 0 Å².